The molecule has 0 radical (unpaired) electrons. The van der Waals surface area contributed by atoms with Gasteiger partial charge in [-0.1, -0.05) is 42.5 Å². The van der Waals surface area contributed by atoms with Gasteiger partial charge in [0.1, 0.15) is 11.6 Å². The van der Waals surface area contributed by atoms with Crippen LogP contribution >= 0.6 is 11.8 Å². The summed E-state index contributed by atoms with van der Waals surface area (Å²) in [6, 6.07) is 20.9. The minimum atomic E-state index is -0.448. The minimum absolute atomic E-state index is 0.305. The average molecular weight is 432 g/mol. The van der Waals surface area contributed by atoms with Crippen molar-refractivity contribution in [2.24, 2.45) is 4.99 Å². The number of hydrogen-bond acceptors (Lipinski definition) is 5. The predicted octanol–water partition coefficient (Wildman–Crippen LogP) is 5.31. The molecule has 7 heteroatoms. The van der Waals surface area contributed by atoms with Gasteiger partial charge in [-0.15, -0.1) is 0 Å². The van der Waals surface area contributed by atoms with Crippen LogP contribution in [0.15, 0.2) is 82.7 Å². The van der Waals surface area contributed by atoms with E-state index < -0.39 is 11.8 Å². The molecule has 0 bridgehead atoms. The molecule has 3 aromatic rings. The molecule has 3 aromatic carbocycles. The summed E-state index contributed by atoms with van der Waals surface area (Å²) in [5.74, 6) is -0.738. The van der Waals surface area contributed by atoms with Crippen molar-refractivity contribution in [2.45, 2.75) is 6.92 Å². The highest BCUT2D eigenvalue weighted by Crippen LogP contribution is 2.30. The molecule has 1 fully saturated rings. The molecule has 1 aliphatic heterocycles. The van der Waals surface area contributed by atoms with Crippen LogP contribution in [-0.4, -0.2) is 17.0 Å². The van der Waals surface area contributed by atoms with Crippen molar-refractivity contribution in [3.63, 3.8) is 0 Å². The van der Waals surface area contributed by atoms with Crippen LogP contribution in [0.3, 0.4) is 0 Å². The molecular formula is C24H17FN2O3S. The van der Waals surface area contributed by atoms with Gasteiger partial charge < -0.3 is 10.1 Å². The maximum atomic E-state index is 14.7. The molecular weight excluding hydrogens is 415 g/mol. The maximum Gasteiger partial charge on any atom is 0.308 e. The molecule has 1 amide bonds. The Morgan fingerprint density at radius 2 is 1.74 bits per heavy atom. The third-order valence-electron chi connectivity index (χ3n) is 4.37. The second kappa shape index (κ2) is 8.97. The number of amides is 1. The quantitative estimate of drug-likeness (QED) is 0.345. The molecule has 0 spiro atoms. The number of para-hydroxylation sites is 1. The van der Waals surface area contributed by atoms with E-state index in [1.807, 2.05) is 30.3 Å². The van der Waals surface area contributed by atoms with Crippen LogP contribution in [-0.2, 0) is 9.59 Å². The first-order valence-electron chi connectivity index (χ1n) is 9.41. The molecule has 0 aliphatic carbocycles. The largest absolute Gasteiger partial charge is 0.427 e. The number of amidine groups is 1. The van der Waals surface area contributed by atoms with Crippen LogP contribution in [0.1, 0.15) is 12.5 Å². The number of thioether (sulfide) groups is 1. The normalized spacial score (nSPS) is 15.9. The Kier molecular flexibility index (Phi) is 5.95. The summed E-state index contributed by atoms with van der Waals surface area (Å²) >= 11 is 1.17. The standard InChI is InChI=1S/C24H17FN2O3S/c1-15(28)30-20-11-9-16(10-12-20)17-7-8-18(21(25)13-17)14-22-23(29)27-24(31-22)26-19-5-3-2-4-6-19/h2-14H,1H3,(H,26,27,29). The van der Waals surface area contributed by atoms with E-state index in [4.69, 9.17) is 4.74 Å². The first-order chi connectivity index (χ1) is 15.0. The summed E-state index contributed by atoms with van der Waals surface area (Å²) in [6.07, 6.45) is 1.51. The minimum Gasteiger partial charge on any atom is -0.427 e. The highest BCUT2D eigenvalue weighted by Gasteiger charge is 2.24. The molecule has 0 aromatic heterocycles. The van der Waals surface area contributed by atoms with Crippen molar-refractivity contribution >= 4 is 40.6 Å². The van der Waals surface area contributed by atoms with E-state index in [2.05, 4.69) is 10.3 Å². The van der Waals surface area contributed by atoms with Gasteiger partial charge in [0.05, 0.1) is 10.6 Å². The highest BCUT2D eigenvalue weighted by molar-refractivity contribution is 8.18. The fraction of sp³-hybridized carbons (Fsp3) is 0.0417. The molecule has 0 unspecified atom stereocenters. The number of ether oxygens (including phenoxy) is 1. The van der Waals surface area contributed by atoms with Crippen LogP contribution < -0.4 is 10.1 Å². The monoisotopic (exact) mass is 432 g/mol. The lowest BCUT2D eigenvalue weighted by Gasteiger charge is -2.06. The van der Waals surface area contributed by atoms with Crippen molar-refractivity contribution in [3.05, 3.63) is 89.1 Å². The zero-order chi connectivity index (χ0) is 21.8. The average Bonchev–Trinajstić information content (AvgIpc) is 3.09. The summed E-state index contributed by atoms with van der Waals surface area (Å²) in [5, 5.41) is 3.15. The smallest absolute Gasteiger partial charge is 0.308 e. The van der Waals surface area contributed by atoms with Crippen LogP contribution in [0, 0.1) is 5.82 Å². The first kappa shape index (κ1) is 20.6. The topological polar surface area (TPSA) is 67.8 Å². The zero-order valence-electron chi connectivity index (χ0n) is 16.5. The maximum absolute atomic E-state index is 14.7. The van der Waals surface area contributed by atoms with Crippen LogP contribution in [0.5, 0.6) is 5.75 Å². The molecule has 1 saturated heterocycles. The fourth-order valence-electron chi connectivity index (χ4n) is 2.95. The second-order valence-electron chi connectivity index (χ2n) is 6.67. The van der Waals surface area contributed by atoms with Crippen molar-refractivity contribution in [2.75, 3.05) is 0 Å². The number of carbonyl (C=O) groups is 2. The van der Waals surface area contributed by atoms with Crippen LogP contribution in [0.4, 0.5) is 10.1 Å². The molecule has 1 N–H and O–H groups in total. The molecule has 1 heterocycles. The van der Waals surface area contributed by atoms with Crippen molar-refractivity contribution in [1.82, 2.24) is 5.32 Å². The van der Waals surface area contributed by atoms with Crippen molar-refractivity contribution in [1.29, 1.82) is 0 Å². The summed E-state index contributed by atoms with van der Waals surface area (Å²) in [7, 11) is 0. The summed E-state index contributed by atoms with van der Waals surface area (Å²) in [5.41, 5.74) is 2.48. The molecule has 4 rings (SSSR count). The number of nitrogens with zero attached hydrogens (tertiary/aromatic N) is 1. The van der Waals surface area contributed by atoms with E-state index in [0.717, 1.165) is 11.3 Å². The van der Waals surface area contributed by atoms with E-state index in [0.29, 0.717) is 26.9 Å². The number of benzene rings is 3. The lowest BCUT2D eigenvalue weighted by Crippen LogP contribution is -2.19. The number of esters is 1. The number of nitrogens with one attached hydrogen (secondary N) is 1. The Bertz CT molecular complexity index is 1210. The third-order valence-corrected chi connectivity index (χ3v) is 5.28. The van der Waals surface area contributed by atoms with Crippen LogP contribution in [0.25, 0.3) is 17.2 Å². The number of aliphatic imine (C=N–C) groups is 1. The van der Waals surface area contributed by atoms with E-state index in [9.17, 15) is 14.0 Å². The van der Waals surface area contributed by atoms with Gasteiger partial charge in [-0.2, -0.15) is 0 Å². The van der Waals surface area contributed by atoms with Gasteiger partial charge >= 0.3 is 5.97 Å². The number of rotatable bonds is 4. The van der Waals surface area contributed by atoms with E-state index in [1.165, 1.54) is 30.8 Å². The van der Waals surface area contributed by atoms with E-state index >= 15 is 0 Å². The van der Waals surface area contributed by atoms with E-state index in [1.54, 1.807) is 36.4 Å². The fourth-order valence-corrected chi connectivity index (χ4v) is 3.78. The summed E-state index contributed by atoms with van der Waals surface area (Å²) < 4.78 is 19.7. The Morgan fingerprint density at radius 3 is 2.42 bits per heavy atom. The Hall–Kier alpha value is -3.71. The Morgan fingerprint density at radius 1 is 1.03 bits per heavy atom. The van der Waals surface area contributed by atoms with Crippen molar-refractivity contribution < 1.29 is 18.7 Å². The van der Waals surface area contributed by atoms with Gasteiger partial charge in [0, 0.05) is 12.5 Å². The molecule has 1 aliphatic rings. The van der Waals surface area contributed by atoms with Gasteiger partial charge in [-0.05, 0) is 59.3 Å². The van der Waals surface area contributed by atoms with Gasteiger partial charge in [0.15, 0.2) is 5.17 Å². The molecule has 154 valence electrons. The van der Waals surface area contributed by atoms with E-state index in [-0.39, 0.29) is 5.91 Å². The summed E-state index contributed by atoms with van der Waals surface area (Å²) in [6.45, 7) is 1.33. The SMILES string of the molecule is CC(=O)Oc1ccc(-c2ccc(C=C3SC(=Nc4ccccc4)NC3=O)c(F)c2)cc1. The van der Waals surface area contributed by atoms with Crippen molar-refractivity contribution in [3.8, 4) is 16.9 Å². The third kappa shape index (κ3) is 5.07. The second-order valence-corrected chi connectivity index (χ2v) is 7.70. The highest BCUT2D eigenvalue weighted by atomic mass is 32.2. The number of carbonyl (C=O) groups excluding carboxylic acids is 2. The molecule has 0 atom stereocenters. The lowest BCUT2D eigenvalue weighted by molar-refractivity contribution is -0.131. The van der Waals surface area contributed by atoms with Gasteiger partial charge in [-0.25, -0.2) is 9.38 Å². The molecule has 0 saturated carbocycles. The molecule has 31 heavy (non-hydrogen) atoms. The molecule has 5 nitrogen and oxygen atoms in total. The zero-order valence-corrected chi connectivity index (χ0v) is 17.3. The Balaban J connectivity index is 1.53. The number of hydrogen-bond donors (Lipinski definition) is 1. The van der Waals surface area contributed by atoms with Gasteiger partial charge in [0.2, 0.25) is 0 Å². The lowest BCUT2D eigenvalue weighted by atomic mass is 10.0. The predicted molar refractivity (Wildman–Crippen MR) is 120 cm³/mol. The first-order valence-corrected chi connectivity index (χ1v) is 10.2. The summed E-state index contributed by atoms with van der Waals surface area (Å²) in [4.78, 5) is 28.0. The Labute approximate surface area is 182 Å². The van der Waals surface area contributed by atoms with Gasteiger partial charge in [0.25, 0.3) is 5.91 Å². The van der Waals surface area contributed by atoms with Crippen LogP contribution in [0.2, 0.25) is 0 Å². The van der Waals surface area contributed by atoms with Gasteiger partial charge in [-0.3, -0.25) is 9.59 Å². The number of halogens is 1.